The van der Waals surface area contributed by atoms with Crippen molar-refractivity contribution in [1.29, 1.82) is 0 Å². The van der Waals surface area contributed by atoms with Gasteiger partial charge in [0.15, 0.2) is 0 Å². The molecule has 2 N–H and O–H groups in total. The van der Waals surface area contributed by atoms with Gasteiger partial charge >= 0.3 is 0 Å². The molecule has 17 heavy (non-hydrogen) atoms. The minimum absolute atomic E-state index is 0.0419. The van der Waals surface area contributed by atoms with Crippen LogP contribution in [0, 0.1) is 0 Å². The first-order valence-corrected chi connectivity index (χ1v) is 5.70. The Morgan fingerprint density at radius 2 is 2.12 bits per heavy atom. The average molecular weight is 230 g/mol. The Bertz CT molecular complexity index is 618. The SMILES string of the molecule is CNC1COCc2[nH]c(=O)c3ccccc3c21. The molecule has 4 nitrogen and oxygen atoms in total. The molecule has 1 aromatic carbocycles. The molecule has 0 aliphatic carbocycles. The number of aromatic amines is 1. The molecular formula is C13H14N2O2. The monoisotopic (exact) mass is 230 g/mol. The molecule has 2 aromatic rings. The van der Waals surface area contributed by atoms with E-state index < -0.39 is 0 Å². The fourth-order valence-electron chi connectivity index (χ4n) is 2.45. The number of ether oxygens (including phenoxy) is 1. The van der Waals surface area contributed by atoms with Crippen LogP contribution in [0.5, 0.6) is 0 Å². The summed E-state index contributed by atoms with van der Waals surface area (Å²) in [7, 11) is 1.91. The number of aromatic nitrogens is 1. The predicted molar refractivity (Wildman–Crippen MR) is 66.0 cm³/mol. The zero-order valence-electron chi connectivity index (χ0n) is 9.62. The minimum atomic E-state index is -0.0419. The van der Waals surface area contributed by atoms with Crippen LogP contribution >= 0.6 is 0 Å². The fourth-order valence-corrected chi connectivity index (χ4v) is 2.45. The van der Waals surface area contributed by atoms with E-state index in [1.165, 1.54) is 0 Å². The number of benzene rings is 1. The van der Waals surface area contributed by atoms with Crippen LogP contribution in [-0.4, -0.2) is 18.6 Å². The molecule has 0 saturated carbocycles. The summed E-state index contributed by atoms with van der Waals surface area (Å²) in [6, 6.07) is 7.85. The van der Waals surface area contributed by atoms with Crippen LogP contribution in [0.4, 0.5) is 0 Å². The van der Waals surface area contributed by atoms with Gasteiger partial charge in [0, 0.05) is 16.6 Å². The standard InChI is InChI=1S/C13H14N2O2/c1-14-10-6-17-7-11-12(10)8-4-2-3-5-9(8)13(16)15-11/h2-5,10,14H,6-7H2,1H3,(H,15,16). The molecule has 3 rings (SSSR count). The van der Waals surface area contributed by atoms with Crippen LogP contribution in [0.1, 0.15) is 17.3 Å². The number of H-pyrrole nitrogens is 1. The molecule has 0 amide bonds. The second kappa shape index (κ2) is 3.98. The molecular weight excluding hydrogens is 216 g/mol. The number of pyridine rings is 1. The maximum atomic E-state index is 11.9. The van der Waals surface area contributed by atoms with Crippen molar-refractivity contribution >= 4 is 10.8 Å². The van der Waals surface area contributed by atoms with E-state index in [-0.39, 0.29) is 11.6 Å². The number of nitrogens with one attached hydrogen (secondary N) is 2. The average Bonchev–Trinajstić information content (AvgIpc) is 2.38. The lowest BCUT2D eigenvalue weighted by Gasteiger charge is -2.26. The zero-order valence-corrected chi connectivity index (χ0v) is 9.62. The lowest BCUT2D eigenvalue weighted by atomic mass is 9.97. The van der Waals surface area contributed by atoms with Gasteiger partial charge in [-0.05, 0) is 18.5 Å². The number of hydrogen-bond donors (Lipinski definition) is 2. The first kappa shape index (κ1) is 10.5. The highest BCUT2D eigenvalue weighted by Gasteiger charge is 2.23. The molecule has 1 aliphatic rings. The summed E-state index contributed by atoms with van der Waals surface area (Å²) >= 11 is 0. The summed E-state index contributed by atoms with van der Waals surface area (Å²) in [5, 5.41) is 4.99. The first-order chi connectivity index (χ1) is 8.31. The quantitative estimate of drug-likeness (QED) is 0.776. The predicted octanol–water partition coefficient (Wildman–Crippen LogP) is 1.32. The molecule has 0 saturated heterocycles. The molecule has 1 unspecified atom stereocenters. The van der Waals surface area contributed by atoms with Gasteiger partial charge in [-0.3, -0.25) is 4.79 Å². The third-order valence-electron chi connectivity index (χ3n) is 3.28. The third kappa shape index (κ3) is 1.57. The van der Waals surface area contributed by atoms with E-state index in [0.29, 0.717) is 13.2 Å². The molecule has 1 aromatic heterocycles. The first-order valence-electron chi connectivity index (χ1n) is 5.70. The molecule has 1 aliphatic heterocycles. The van der Waals surface area contributed by atoms with Crippen LogP contribution in [0.2, 0.25) is 0 Å². The molecule has 0 bridgehead atoms. The maximum Gasteiger partial charge on any atom is 0.256 e. The van der Waals surface area contributed by atoms with E-state index in [0.717, 1.165) is 22.0 Å². The molecule has 1 atom stereocenters. The van der Waals surface area contributed by atoms with E-state index in [4.69, 9.17) is 4.74 Å². The minimum Gasteiger partial charge on any atom is -0.373 e. The van der Waals surface area contributed by atoms with Gasteiger partial charge in [-0.1, -0.05) is 18.2 Å². The number of rotatable bonds is 1. The Balaban J connectivity index is 2.39. The molecule has 0 fully saturated rings. The van der Waals surface area contributed by atoms with E-state index in [9.17, 15) is 4.79 Å². The summed E-state index contributed by atoms with van der Waals surface area (Å²) in [6.45, 7) is 1.12. The Hall–Kier alpha value is -1.65. The smallest absolute Gasteiger partial charge is 0.256 e. The molecule has 0 spiro atoms. The fraction of sp³-hybridized carbons (Fsp3) is 0.308. The van der Waals surface area contributed by atoms with Crippen molar-refractivity contribution in [2.75, 3.05) is 13.7 Å². The van der Waals surface area contributed by atoms with Crippen LogP contribution in [-0.2, 0) is 11.3 Å². The summed E-state index contributed by atoms with van der Waals surface area (Å²) in [4.78, 5) is 14.8. The summed E-state index contributed by atoms with van der Waals surface area (Å²) < 4.78 is 5.47. The van der Waals surface area contributed by atoms with E-state index >= 15 is 0 Å². The highest BCUT2D eigenvalue weighted by Crippen LogP contribution is 2.28. The maximum absolute atomic E-state index is 11.9. The van der Waals surface area contributed by atoms with Crippen LogP contribution < -0.4 is 10.9 Å². The highest BCUT2D eigenvalue weighted by molar-refractivity contribution is 5.86. The van der Waals surface area contributed by atoms with Crippen LogP contribution in [0.25, 0.3) is 10.8 Å². The second-order valence-electron chi connectivity index (χ2n) is 4.25. The van der Waals surface area contributed by atoms with Crippen molar-refractivity contribution < 1.29 is 4.74 Å². The lowest BCUT2D eigenvalue weighted by molar-refractivity contribution is 0.0819. The molecule has 4 heteroatoms. The van der Waals surface area contributed by atoms with Crippen LogP contribution in [0.3, 0.4) is 0 Å². The third-order valence-corrected chi connectivity index (χ3v) is 3.28. The molecule has 0 radical (unpaired) electrons. The summed E-state index contributed by atoms with van der Waals surface area (Å²) in [6.07, 6.45) is 0. The van der Waals surface area contributed by atoms with Gasteiger partial charge in [0.25, 0.3) is 5.56 Å². The number of fused-ring (bicyclic) bond motifs is 3. The normalized spacial score (nSPS) is 19.2. The van der Waals surface area contributed by atoms with Gasteiger partial charge in [-0.15, -0.1) is 0 Å². The van der Waals surface area contributed by atoms with Crippen LogP contribution in [0.15, 0.2) is 29.1 Å². The Labute approximate surface area is 98.6 Å². The van der Waals surface area contributed by atoms with Gasteiger partial charge < -0.3 is 15.0 Å². The van der Waals surface area contributed by atoms with Gasteiger partial charge in [-0.2, -0.15) is 0 Å². The van der Waals surface area contributed by atoms with Crippen molar-refractivity contribution in [3.63, 3.8) is 0 Å². The number of likely N-dealkylation sites (N-methyl/N-ethyl adjacent to an activating group) is 1. The highest BCUT2D eigenvalue weighted by atomic mass is 16.5. The zero-order chi connectivity index (χ0) is 11.8. The van der Waals surface area contributed by atoms with Crippen molar-refractivity contribution in [3.8, 4) is 0 Å². The second-order valence-corrected chi connectivity index (χ2v) is 4.25. The van der Waals surface area contributed by atoms with E-state index in [1.54, 1.807) is 0 Å². The molecule has 88 valence electrons. The Morgan fingerprint density at radius 1 is 1.35 bits per heavy atom. The van der Waals surface area contributed by atoms with Crippen molar-refractivity contribution in [3.05, 3.63) is 45.9 Å². The van der Waals surface area contributed by atoms with Gasteiger partial charge in [0.05, 0.1) is 19.3 Å². The largest absolute Gasteiger partial charge is 0.373 e. The van der Waals surface area contributed by atoms with Gasteiger partial charge in [0.2, 0.25) is 0 Å². The summed E-state index contributed by atoms with van der Waals surface area (Å²) in [5.74, 6) is 0. The molecule has 2 heterocycles. The van der Waals surface area contributed by atoms with Gasteiger partial charge in [-0.25, -0.2) is 0 Å². The van der Waals surface area contributed by atoms with Crippen molar-refractivity contribution in [1.82, 2.24) is 10.3 Å². The van der Waals surface area contributed by atoms with Crippen molar-refractivity contribution in [2.24, 2.45) is 0 Å². The summed E-state index contributed by atoms with van der Waals surface area (Å²) in [5.41, 5.74) is 2.01. The Morgan fingerprint density at radius 3 is 2.88 bits per heavy atom. The van der Waals surface area contributed by atoms with E-state index in [1.807, 2.05) is 31.3 Å². The number of hydrogen-bond acceptors (Lipinski definition) is 3. The van der Waals surface area contributed by atoms with E-state index in [2.05, 4.69) is 10.3 Å². The lowest BCUT2D eigenvalue weighted by Crippen LogP contribution is -2.29. The topological polar surface area (TPSA) is 54.1 Å². The van der Waals surface area contributed by atoms with Gasteiger partial charge in [0.1, 0.15) is 0 Å². The Kier molecular flexibility index (Phi) is 2.46. The van der Waals surface area contributed by atoms with Crippen molar-refractivity contribution in [2.45, 2.75) is 12.6 Å².